The second-order valence-electron chi connectivity index (χ2n) is 1.44. The third-order valence-electron chi connectivity index (χ3n) is 0.129. The fourth-order valence-corrected chi connectivity index (χ4v) is 0. The second kappa shape index (κ2) is 24.1. The molecule has 0 saturated carbocycles. The molecule has 0 aliphatic carbocycles. The summed E-state index contributed by atoms with van der Waals surface area (Å²) < 4.78 is 30.3. The fourth-order valence-electron chi connectivity index (χ4n) is 0. The topological polar surface area (TPSA) is 168 Å². The molecule has 0 fully saturated rings. The predicted molar refractivity (Wildman–Crippen MR) is 50.0 cm³/mol. The van der Waals surface area contributed by atoms with Crippen molar-refractivity contribution < 1.29 is 48.2 Å². The Balaban J connectivity index is -0.0000000600. The smallest absolute Gasteiger partial charge is 0.398 e. The summed E-state index contributed by atoms with van der Waals surface area (Å²) in [6.07, 6.45) is 0. The van der Waals surface area contributed by atoms with Crippen molar-refractivity contribution in [3.63, 3.8) is 0 Å². The van der Waals surface area contributed by atoms with Crippen molar-refractivity contribution in [3.05, 3.63) is 0 Å². The number of rotatable bonds is 1. The molecule has 9 N–H and O–H groups in total. The van der Waals surface area contributed by atoms with Crippen LogP contribution >= 0.6 is 0 Å². The Morgan fingerprint density at radius 3 is 0.812 bits per heavy atom. The quantitative estimate of drug-likeness (QED) is 0.217. The summed E-state index contributed by atoms with van der Waals surface area (Å²) in [5.74, 6) is 0. The second-order valence-corrected chi connectivity index (χ2v) is 1.44. The van der Waals surface area contributed by atoms with Gasteiger partial charge in [-0.3, -0.25) is 12.9 Å². The molecule has 0 aliphatic rings. The molecule has 16 heavy (non-hydrogen) atoms. The number of aliphatic hydroxyl groups is 1. The van der Waals surface area contributed by atoms with E-state index in [2.05, 4.69) is 0 Å². The molecule has 8 nitrogen and oxygen atoms in total. The van der Waals surface area contributed by atoms with Gasteiger partial charge >= 0.3 is 22.2 Å². The van der Waals surface area contributed by atoms with Crippen molar-refractivity contribution in [1.82, 2.24) is 0 Å². The summed E-state index contributed by atoms with van der Waals surface area (Å²) in [7, 11) is -8.00. The van der Waals surface area contributed by atoms with E-state index >= 15 is 0 Å². The maximum atomic E-state index is 10.1. The summed E-state index contributed by atoms with van der Waals surface area (Å²) in [4.78, 5) is 0. The predicted octanol–water partition coefficient (Wildman–Crippen LogP) is -4.29. The van der Waals surface area contributed by atoms with Crippen LogP contribution in [-0.2, 0) is 0 Å². The highest BCUT2D eigenvalue weighted by molar-refractivity contribution is 6.32. The molecule has 0 radical (unpaired) electrons. The van der Waals surface area contributed by atoms with E-state index in [0.717, 1.165) is 0 Å². The minimum atomic E-state index is -2.67. The third-order valence-corrected chi connectivity index (χ3v) is 0.129. The average molecular weight is 253 g/mol. The molecule has 0 heterocycles. The van der Waals surface area contributed by atoms with Crippen LogP contribution in [0.25, 0.3) is 0 Å². The number of aliphatic hydroxyl groups excluding tert-OH is 1. The molecule has 0 aliphatic heterocycles. The van der Waals surface area contributed by atoms with Gasteiger partial charge in [-0.05, 0) is 0 Å². The monoisotopic (exact) mass is 253 g/mol. The van der Waals surface area contributed by atoms with E-state index in [1.807, 2.05) is 0 Å². The van der Waals surface area contributed by atoms with Gasteiger partial charge < -0.3 is 41.0 Å². The summed E-state index contributed by atoms with van der Waals surface area (Å²) >= 11 is 0. The lowest BCUT2D eigenvalue weighted by atomic mass is 10.3. The van der Waals surface area contributed by atoms with E-state index in [9.17, 15) is 12.9 Å². The van der Waals surface area contributed by atoms with Crippen LogP contribution in [0.2, 0.25) is 0 Å². The standard InChI is InChI=1S/C2H7NO.3BFH2O2/c3-1-2-4;3*2-1(3)4/h4H,1-3H2;3*3-4H. The highest BCUT2D eigenvalue weighted by Crippen LogP contribution is 1.58. The van der Waals surface area contributed by atoms with Crippen LogP contribution < -0.4 is 5.73 Å². The fraction of sp³-hybridized carbons (Fsp3) is 1.00. The lowest BCUT2D eigenvalue weighted by Gasteiger charge is -1.71. The maximum Gasteiger partial charge on any atom is 0.674 e. The van der Waals surface area contributed by atoms with E-state index in [1.54, 1.807) is 0 Å². The number of hydrogen-bond donors (Lipinski definition) is 8. The molecule has 0 amide bonds. The Morgan fingerprint density at radius 1 is 0.750 bits per heavy atom. The molecule has 14 heteroatoms. The van der Waals surface area contributed by atoms with E-state index in [1.165, 1.54) is 0 Å². The first-order valence-corrected chi connectivity index (χ1v) is 3.43. The van der Waals surface area contributed by atoms with Gasteiger partial charge in [0.25, 0.3) is 0 Å². The molecule has 0 unspecified atom stereocenters. The van der Waals surface area contributed by atoms with Crippen LogP contribution in [0.15, 0.2) is 0 Å². The Kier molecular flexibility index (Phi) is 37.3. The molecule has 0 aromatic carbocycles. The first-order chi connectivity index (χ1) is 7.11. The molecule has 0 rings (SSSR count). The van der Waals surface area contributed by atoms with Crippen LogP contribution in [0.1, 0.15) is 0 Å². The minimum absolute atomic E-state index is 0.0972. The highest BCUT2D eigenvalue weighted by Gasteiger charge is 1.98. The van der Waals surface area contributed by atoms with Crippen LogP contribution in [0.3, 0.4) is 0 Å². The van der Waals surface area contributed by atoms with Crippen LogP contribution in [0.4, 0.5) is 12.9 Å². The zero-order chi connectivity index (χ0) is 14.1. The molecule has 0 bridgehead atoms. The zero-order valence-corrected chi connectivity index (χ0v) is 7.99. The Bertz CT molecular complexity index is 78.4. The zero-order valence-electron chi connectivity index (χ0n) is 7.99. The molecule has 0 saturated heterocycles. The summed E-state index contributed by atoms with van der Waals surface area (Å²) in [5.41, 5.74) is 4.78. The minimum Gasteiger partial charge on any atom is -0.398 e. The van der Waals surface area contributed by atoms with Crippen molar-refractivity contribution in [2.45, 2.75) is 0 Å². The summed E-state index contributed by atoms with van der Waals surface area (Å²) in [5, 5.41) is 49.4. The lowest BCUT2D eigenvalue weighted by molar-refractivity contribution is 0.306. The molecule has 0 aromatic rings. The van der Waals surface area contributed by atoms with Gasteiger partial charge in [-0.25, -0.2) is 0 Å². The number of nitrogens with two attached hydrogens (primary N) is 1. The number of hydrogen-bond acceptors (Lipinski definition) is 8. The van der Waals surface area contributed by atoms with Crippen LogP contribution in [0, 0.1) is 0 Å². The van der Waals surface area contributed by atoms with Gasteiger partial charge in [0.1, 0.15) is 0 Å². The van der Waals surface area contributed by atoms with Gasteiger partial charge in [0, 0.05) is 6.54 Å². The van der Waals surface area contributed by atoms with Gasteiger partial charge in [0.2, 0.25) is 0 Å². The molecular formula is C2H13B3F3NO7. The summed E-state index contributed by atoms with van der Waals surface area (Å²) in [6.45, 7) is 0.472. The van der Waals surface area contributed by atoms with E-state index in [4.69, 9.17) is 41.0 Å². The Hall–Kier alpha value is -0.335. The molecule has 98 valence electrons. The van der Waals surface area contributed by atoms with Crippen molar-refractivity contribution in [1.29, 1.82) is 0 Å². The Labute approximate surface area is 90.3 Å². The average Bonchev–Trinajstić information content (AvgIpc) is 2.00. The molecular weight excluding hydrogens is 239 g/mol. The lowest BCUT2D eigenvalue weighted by Crippen LogP contribution is -2.02. The van der Waals surface area contributed by atoms with Crippen LogP contribution in [-0.4, -0.2) is 70.6 Å². The molecule has 0 spiro atoms. The van der Waals surface area contributed by atoms with Crippen molar-refractivity contribution in [2.75, 3.05) is 13.2 Å². The first kappa shape index (κ1) is 24.8. The van der Waals surface area contributed by atoms with E-state index in [0.29, 0.717) is 6.54 Å². The Morgan fingerprint density at radius 2 is 0.812 bits per heavy atom. The maximum absolute atomic E-state index is 10.1. The van der Waals surface area contributed by atoms with E-state index < -0.39 is 22.2 Å². The molecule has 0 aromatic heterocycles. The SMILES string of the molecule is NCCO.OB(O)F.OB(O)F.OB(O)F. The largest absolute Gasteiger partial charge is 0.674 e. The van der Waals surface area contributed by atoms with Crippen LogP contribution in [0.5, 0.6) is 0 Å². The van der Waals surface area contributed by atoms with Crippen molar-refractivity contribution in [2.24, 2.45) is 5.73 Å². The van der Waals surface area contributed by atoms with E-state index in [-0.39, 0.29) is 6.61 Å². The van der Waals surface area contributed by atoms with Gasteiger partial charge in [0.05, 0.1) is 6.61 Å². The summed E-state index contributed by atoms with van der Waals surface area (Å²) in [6, 6.07) is 0. The third kappa shape index (κ3) is 4960. The molecule has 0 atom stereocenters. The van der Waals surface area contributed by atoms with Crippen molar-refractivity contribution >= 4 is 22.2 Å². The first-order valence-electron chi connectivity index (χ1n) is 3.43. The normalized spacial score (nSPS) is 6.94. The van der Waals surface area contributed by atoms with Gasteiger partial charge in [-0.2, -0.15) is 0 Å². The van der Waals surface area contributed by atoms with Crippen molar-refractivity contribution in [3.8, 4) is 0 Å². The van der Waals surface area contributed by atoms with Gasteiger partial charge in [0.15, 0.2) is 0 Å². The highest BCUT2D eigenvalue weighted by atomic mass is 19.1. The number of halogens is 3. The van der Waals surface area contributed by atoms with Gasteiger partial charge in [-0.15, -0.1) is 0 Å². The van der Waals surface area contributed by atoms with Gasteiger partial charge in [-0.1, -0.05) is 0 Å².